The molecule has 564 valence electrons. The summed E-state index contributed by atoms with van der Waals surface area (Å²) >= 11 is 0. The van der Waals surface area contributed by atoms with Crippen LogP contribution in [0.4, 0.5) is 0 Å². The van der Waals surface area contributed by atoms with Crippen molar-refractivity contribution in [1.82, 2.24) is 0 Å². The molecule has 95 heavy (non-hydrogen) atoms. The second kappa shape index (κ2) is 65.4. The minimum absolute atomic E-state index is 0.103. The molecule has 0 aliphatic rings. The van der Waals surface area contributed by atoms with Crippen LogP contribution >= 0.6 is 15.6 Å². The van der Waals surface area contributed by atoms with Gasteiger partial charge in [-0.05, 0) is 49.4 Å². The molecule has 0 aromatic heterocycles. The Morgan fingerprint density at radius 3 is 0.747 bits per heavy atom. The van der Waals surface area contributed by atoms with Crippen LogP contribution < -0.4 is 0 Å². The van der Waals surface area contributed by atoms with Crippen molar-refractivity contribution in [1.29, 1.82) is 0 Å². The van der Waals surface area contributed by atoms with E-state index in [2.05, 4.69) is 55.4 Å². The number of unbranched alkanes of at least 4 members (excludes halogenated alkanes) is 37. The summed E-state index contributed by atoms with van der Waals surface area (Å²) < 4.78 is 68.4. The predicted molar refractivity (Wildman–Crippen MR) is 386 cm³/mol. The van der Waals surface area contributed by atoms with E-state index in [0.717, 1.165) is 108 Å². The minimum Gasteiger partial charge on any atom is -0.462 e. The zero-order valence-corrected chi connectivity index (χ0v) is 64.1. The lowest BCUT2D eigenvalue weighted by molar-refractivity contribution is -0.161. The fraction of sp³-hybridized carbons (Fsp3) is 0.947. The molecule has 0 saturated carbocycles. The van der Waals surface area contributed by atoms with Gasteiger partial charge in [0.2, 0.25) is 0 Å². The monoisotopic (exact) mass is 1400 g/mol. The van der Waals surface area contributed by atoms with Gasteiger partial charge in [0.25, 0.3) is 0 Å². The van der Waals surface area contributed by atoms with E-state index in [9.17, 15) is 43.2 Å². The number of hydrogen-bond acceptors (Lipinski definition) is 15. The quantitative estimate of drug-likeness (QED) is 0.0222. The number of esters is 4. The molecule has 0 bridgehead atoms. The van der Waals surface area contributed by atoms with E-state index in [-0.39, 0.29) is 25.7 Å². The maximum Gasteiger partial charge on any atom is 0.472 e. The van der Waals surface area contributed by atoms with Gasteiger partial charge in [0, 0.05) is 25.7 Å². The number of hydrogen-bond donors (Lipinski definition) is 3. The topological polar surface area (TPSA) is 237 Å². The first kappa shape index (κ1) is 93.1. The molecule has 7 atom stereocenters. The van der Waals surface area contributed by atoms with Crippen LogP contribution in [-0.2, 0) is 65.4 Å². The van der Waals surface area contributed by atoms with Crippen molar-refractivity contribution >= 4 is 39.5 Å². The SMILES string of the molecule is CCC(C)CCCCCCCCCCCCCCCCCCCCC(=O)O[C@H](COC(=O)CCCCCCCCCCC(C)CC)COP(=O)(O)OCC(O)COP(=O)(O)OC[C@@H](COC(=O)CCCCCCCCCCC(C)C)OC(=O)CCCCCCCCCC(C)C. The Labute approximate surface area is 581 Å². The third-order valence-electron chi connectivity index (χ3n) is 18.3. The van der Waals surface area contributed by atoms with Crippen molar-refractivity contribution in [2.24, 2.45) is 23.7 Å². The molecule has 17 nitrogen and oxygen atoms in total. The maximum absolute atomic E-state index is 13.1. The average Bonchev–Trinajstić information content (AvgIpc) is 2.46. The molecule has 19 heteroatoms. The normalized spacial score (nSPS) is 14.7. The van der Waals surface area contributed by atoms with Gasteiger partial charge < -0.3 is 33.8 Å². The van der Waals surface area contributed by atoms with Crippen LogP contribution in [0.15, 0.2) is 0 Å². The first-order valence-corrected chi connectivity index (χ1v) is 42.3. The minimum atomic E-state index is -4.96. The Hall–Kier alpha value is -1.94. The largest absolute Gasteiger partial charge is 0.472 e. The third kappa shape index (κ3) is 67.6. The van der Waals surface area contributed by atoms with E-state index < -0.39 is 97.5 Å². The third-order valence-corrected chi connectivity index (χ3v) is 20.2. The number of phosphoric ester groups is 2. The van der Waals surface area contributed by atoms with E-state index in [1.54, 1.807) is 0 Å². The van der Waals surface area contributed by atoms with E-state index in [4.69, 9.17) is 37.0 Å². The predicted octanol–water partition coefficient (Wildman–Crippen LogP) is 22.0. The Morgan fingerprint density at radius 1 is 0.295 bits per heavy atom. The van der Waals surface area contributed by atoms with Gasteiger partial charge in [-0.15, -0.1) is 0 Å². The number of ether oxygens (including phenoxy) is 4. The van der Waals surface area contributed by atoms with Gasteiger partial charge in [-0.25, -0.2) is 9.13 Å². The molecule has 0 aliphatic heterocycles. The zero-order chi connectivity index (χ0) is 70.3. The highest BCUT2D eigenvalue weighted by Gasteiger charge is 2.30. The fourth-order valence-electron chi connectivity index (χ4n) is 11.5. The highest BCUT2D eigenvalue weighted by atomic mass is 31.2. The molecule has 0 amide bonds. The summed E-state index contributed by atoms with van der Waals surface area (Å²) in [6.45, 7) is 14.2. The molecule has 5 unspecified atom stereocenters. The molecule has 0 aromatic carbocycles. The zero-order valence-electron chi connectivity index (χ0n) is 62.3. The smallest absolute Gasteiger partial charge is 0.462 e. The molecular weight excluding hydrogens is 1250 g/mol. The molecule has 0 aliphatic carbocycles. The standard InChI is InChI=1S/C76H148O17P2/c1-9-68(7)54-46-38-30-21-19-17-15-13-11-12-14-16-18-20-22-34-42-50-58-75(80)92-71(62-87-74(79)57-49-41-33-26-24-31-39-47-55-69(8)10-2)64-90-94(82,83)88-60-70(77)61-89-95(84,85)91-65-72(93-76(81)59-51-43-35-27-29-37-45-53-67(5)6)63-86-73(78)56-48-40-32-25-23-28-36-44-52-66(3)4/h66-72,77H,9-65H2,1-8H3,(H,82,83)(H,84,85)/t68?,69?,70?,71-,72-/m1/s1. The van der Waals surface area contributed by atoms with E-state index >= 15 is 0 Å². The van der Waals surface area contributed by atoms with Gasteiger partial charge in [0.15, 0.2) is 12.2 Å². The summed E-state index contributed by atoms with van der Waals surface area (Å²) in [6, 6.07) is 0. The van der Waals surface area contributed by atoms with Crippen LogP contribution in [0, 0.1) is 23.7 Å². The van der Waals surface area contributed by atoms with Crippen LogP contribution in [0.3, 0.4) is 0 Å². The summed E-state index contributed by atoms with van der Waals surface area (Å²) in [5.74, 6) is 0.945. The maximum atomic E-state index is 13.1. The second-order valence-corrected chi connectivity index (χ2v) is 31.7. The van der Waals surface area contributed by atoms with Crippen LogP contribution in [0.1, 0.15) is 383 Å². The van der Waals surface area contributed by atoms with Crippen LogP contribution in [0.5, 0.6) is 0 Å². The number of carbonyl (C=O) groups excluding carboxylic acids is 4. The van der Waals surface area contributed by atoms with Crippen molar-refractivity contribution in [3.8, 4) is 0 Å². The first-order valence-electron chi connectivity index (χ1n) is 39.3. The van der Waals surface area contributed by atoms with Gasteiger partial charge in [-0.1, -0.05) is 331 Å². The molecular formula is C76H148O17P2. The summed E-state index contributed by atoms with van der Waals surface area (Å²) in [7, 11) is -9.91. The van der Waals surface area contributed by atoms with Crippen molar-refractivity contribution in [3.63, 3.8) is 0 Å². The first-order chi connectivity index (χ1) is 45.7. The molecule has 0 heterocycles. The highest BCUT2D eigenvalue weighted by Crippen LogP contribution is 2.45. The van der Waals surface area contributed by atoms with Crippen LogP contribution in [0.25, 0.3) is 0 Å². The fourth-order valence-corrected chi connectivity index (χ4v) is 13.1. The highest BCUT2D eigenvalue weighted by molar-refractivity contribution is 7.47. The van der Waals surface area contributed by atoms with Crippen LogP contribution in [-0.4, -0.2) is 96.7 Å². The van der Waals surface area contributed by atoms with Crippen molar-refractivity contribution in [3.05, 3.63) is 0 Å². The molecule has 0 rings (SSSR count). The number of carbonyl (C=O) groups is 4. The lowest BCUT2D eigenvalue weighted by Crippen LogP contribution is -2.30. The Morgan fingerprint density at radius 2 is 0.505 bits per heavy atom. The second-order valence-electron chi connectivity index (χ2n) is 28.8. The molecule has 0 spiro atoms. The molecule has 0 radical (unpaired) electrons. The van der Waals surface area contributed by atoms with Gasteiger partial charge in [0.1, 0.15) is 19.3 Å². The Kier molecular flexibility index (Phi) is 64.0. The summed E-state index contributed by atoms with van der Waals surface area (Å²) in [5, 5.41) is 10.6. The Bertz CT molecular complexity index is 1870. The van der Waals surface area contributed by atoms with Crippen molar-refractivity contribution in [2.75, 3.05) is 39.6 Å². The molecule has 0 saturated heterocycles. The van der Waals surface area contributed by atoms with Crippen LogP contribution in [0.2, 0.25) is 0 Å². The van der Waals surface area contributed by atoms with Crippen molar-refractivity contribution in [2.45, 2.75) is 401 Å². The lowest BCUT2D eigenvalue weighted by atomic mass is 9.99. The van der Waals surface area contributed by atoms with Crippen molar-refractivity contribution < 1.29 is 80.2 Å². The van der Waals surface area contributed by atoms with E-state index in [1.807, 2.05) is 0 Å². The van der Waals surface area contributed by atoms with E-state index in [1.165, 1.54) is 186 Å². The number of rotatable bonds is 73. The lowest BCUT2D eigenvalue weighted by Gasteiger charge is -2.21. The number of aliphatic hydroxyl groups excluding tert-OH is 1. The summed E-state index contributed by atoms with van der Waals surface area (Å²) in [4.78, 5) is 72.7. The number of aliphatic hydroxyl groups is 1. The van der Waals surface area contributed by atoms with Gasteiger partial charge in [-0.3, -0.25) is 37.3 Å². The molecule has 3 N–H and O–H groups in total. The summed E-state index contributed by atoms with van der Waals surface area (Å²) in [5.41, 5.74) is 0. The Balaban J connectivity index is 5.18. The van der Waals surface area contributed by atoms with Gasteiger partial charge >= 0.3 is 39.5 Å². The number of phosphoric acid groups is 2. The van der Waals surface area contributed by atoms with Gasteiger partial charge in [0.05, 0.1) is 26.4 Å². The summed E-state index contributed by atoms with van der Waals surface area (Å²) in [6.07, 6.45) is 50.2. The molecule has 0 aromatic rings. The van der Waals surface area contributed by atoms with E-state index in [0.29, 0.717) is 31.6 Å². The average molecular weight is 1400 g/mol. The molecule has 0 fully saturated rings. The van der Waals surface area contributed by atoms with Gasteiger partial charge in [-0.2, -0.15) is 0 Å².